The number of thiophene rings is 1. The van der Waals surface area contributed by atoms with Crippen molar-refractivity contribution in [1.29, 1.82) is 0 Å². The van der Waals surface area contributed by atoms with Gasteiger partial charge in [0.05, 0.1) is 10.3 Å². The van der Waals surface area contributed by atoms with Gasteiger partial charge < -0.3 is 14.7 Å². The Morgan fingerprint density at radius 3 is 2.40 bits per heavy atom. The van der Waals surface area contributed by atoms with Gasteiger partial charge in [-0.05, 0) is 24.3 Å². The van der Waals surface area contributed by atoms with Crippen LogP contribution in [-0.4, -0.2) is 71.7 Å². The van der Waals surface area contributed by atoms with Gasteiger partial charge in [0.2, 0.25) is 11.8 Å². The standard InChI is InChI=1S/C18H23N3O3S/c1-13(22)20-9-14-10-21(16(23)15-5-4-8-25-15)12-18(14,11-20)17(24)19-6-2-3-7-19/h4-5,8,14H,2-3,6-7,9-12H2,1H3/t14-,18-/m0/s1. The first-order valence-electron chi connectivity index (χ1n) is 8.89. The first-order valence-corrected chi connectivity index (χ1v) is 9.77. The fraction of sp³-hybridized carbons (Fsp3) is 0.611. The van der Waals surface area contributed by atoms with E-state index in [1.165, 1.54) is 11.3 Å². The summed E-state index contributed by atoms with van der Waals surface area (Å²) in [6.45, 7) is 5.15. The van der Waals surface area contributed by atoms with E-state index in [0.717, 1.165) is 25.9 Å². The summed E-state index contributed by atoms with van der Waals surface area (Å²) in [5.74, 6) is 0.195. The molecule has 3 aliphatic heterocycles. The number of likely N-dealkylation sites (tertiary alicyclic amines) is 3. The van der Waals surface area contributed by atoms with E-state index in [4.69, 9.17) is 0 Å². The smallest absolute Gasteiger partial charge is 0.263 e. The maximum absolute atomic E-state index is 13.3. The van der Waals surface area contributed by atoms with Crippen molar-refractivity contribution < 1.29 is 14.4 Å². The summed E-state index contributed by atoms with van der Waals surface area (Å²) in [6.07, 6.45) is 2.08. The van der Waals surface area contributed by atoms with E-state index in [-0.39, 0.29) is 23.6 Å². The highest BCUT2D eigenvalue weighted by molar-refractivity contribution is 7.12. The molecule has 3 saturated heterocycles. The summed E-state index contributed by atoms with van der Waals surface area (Å²) in [7, 11) is 0. The van der Waals surface area contributed by atoms with E-state index >= 15 is 0 Å². The molecule has 3 aliphatic rings. The SMILES string of the molecule is CC(=O)N1C[C@H]2CN(C(=O)c3cccs3)C[C@@]2(C(=O)N2CCCC2)C1. The van der Waals surface area contributed by atoms with Gasteiger partial charge in [-0.15, -0.1) is 11.3 Å². The van der Waals surface area contributed by atoms with E-state index in [9.17, 15) is 14.4 Å². The number of hydrogen-bond acceptors (Lipinski definition) is 4. The number of hydrogen-bond donors (Lipinski definition) is 0. The second-order valence-electron chi connectivity index (χ2n) is 7.41. The third-order valence-corrected chi connectivity index (χ3v) is 6.75. The van der Waals surface area contributed by atoms with Gasteiger partial charge in [-0.2, -0.15) is 0 Å². The molecule has 1 aromatic heterocycles. The van der Waals surface area contributed by atoms with Crippen molar-refractivity contribution in [1.82, 2.24) is 14.7 Å². The Balaban J connectivity index is 1.61. The van der Waals surface area contributed by atoms with Gasteiger partial charge in [-0.3, -0.25) is 14.4 Å². The molecule has 6 nitrogen and oxygen atoms in total. The molecule has 2 atom stereocenters. The number of carbonyl (C=O) groups excluding carboxylic acids is 3. The van der Waals surface area contributed by atoms with E-state index in [1.807, 2.05) is 27.3 Å². The minimum absolute atomic E-state index is 0.00683. The van der Waals surface area contributed by atoms with Crippen molar-refractivity contribution in [3.63, 3.8) is 0 Å². The molecular formula is C18H23N3O3S. The van der Waals surface area contributed by atoms with E-state index in [1.54, 1.807) is 11.8 Å². The largest absolute Gasteiger partial charge is 0.342 e. The lowest BCUT2D eigenvalue weighted by Crippen LogP contribution is -2.49. The second kappa shape index (κ2) is 6.12. The second-order valence-corrected chi connectivity index (χ2v) is 8.36. The Hall–Kier alpha value is -1.89. The van der Waals surface area contributed by atoms with Crippen LogP contribution in [0.4, 0.5) is 0 Å². The van der Waals surface area contributed by atoms with Crippen molar-refractivity contribution in [3.8, 4) is 0 Å². The highest BCUT2D eigenvalue weighted by Gasteiger charge is 2.59. The molecule has 4 heterocycles. The monoisotopic (exact) mass is 361 g/mol. The summed E-state index contributed by atoms with van der Waals surface area (Å²) < 4.78 is 0. The zero-order valence-electron chi connectivity index (χ0n) is 14.4. The molecule has 25 heavy (non-hydrogen) atoms. The average molecular weight is 361 g/mol. The van der Waals surface area contributed by atoms with Crippen molar-refractivity contribution in [2.45, 2.75) is 19.8 Å². The predicted molar refractivity (Wildman–Crippen MR) is 94.2 cm³/mol. The third kappa shape index (κ3) is 2.65. The molecule has 0 unspecified atom stereocenters. The number of amides is 3. The molecule has 3 amide bonds. The van der Waals surface area contributed by atoms with Crippen LogP contribution in [0, 0.1) is 11.3 Å². The van der Waals surface area contributed by atoms with Gasteiger partial charge in [0, 0.05) is 52.1 Å². The number of fused-ring (bicyclic) bond motifs is 1. The van der Waals surface area contributed by atoms with E-state index in [0.29, 0.717) is 31.1 Å². The number of rotatable bonds is 2. The summed E-state index contributed by atoms with van der Waals surface area (Å²) in [4.78, 5) is 44.2. The van der Waals surface area contributed by atoms with Gasteiger partial charge in [0.25, 0.3) is 5.91 Å². The zero-order valence-corrected chi connectivity index (χ0v) is 15.3. The highest BCUT2D eigenvalue weighted by atomic mass is 32.1. The van der Waals surface area contributed by atoms with Gasteiger partial charge in [-0.1, -0.05) is 6.07 Å². The first kappa shape index (κ1) is 16.6. The fourth-order valence-electron chi connectivity index (χ4n) is 4.55. The molecule has 1 aromatic rings. The number of nitrogens with zero attached hydrogens (tertiary/aromatic N) is 3. The minimum Gasteiger partial charge on any atom is -0.342 e. The topological polar surface area (TPSA) is 60.9 Å². The molecule has 7 heteroatoms. The van der Waals surface area contributed by atoms with Crippen LogP contribution in [0.1, 0.15) is 29.4 Å². The van der Waals surface area contributed by atoms with Crippen LogP contribution < -0.4 is 0 Å². The fourth-order valence-corrected chi connectivity index (χ4v) is 5.24. The molecule has 4 rings (SSSR count). The van der Waals surface area contributed by atoms with Crippen LogP contribution >= 0.6 is 11.3 Å². The highest BCUT2D eigenvalue weighted by Crippen LogP contribution is 2.45. The van der Waals surface area contributed by atoms with Crippen LogP contribution in [0.15, 0.2) is 17.5 Å². The van der Waals surface area contributed by atoms with Crippen molar-refractivity contribution in [2.24, 2.45) is 11.3 Å². The van der Waals surface area contributed by atoms with Crippen LogP contribution in [0.5, 0.6) is 0 Å². The van der Waals surface area contributed by atoms with Crippen LogP contribution in [0.2, 0.25) is 0 Å². The Bertz CT molecular complexity index is 698. The maximum Gasteiger partial charge on any atom is 0.263 e. The molecule has 0 radical (unpaired) electrons. The summed E-state index contributed by atoms with van der Waals surface area (Å²) >= 11 is 1.43. The van der Waals surface area contributed by atoms with Gasteiger partial charge in [0.1, 0.15) is 0 Å². The molecule has 134 valence electrons. The lowest BCUT2D eigenvalue weighted by Gasteiger charge is -2.32. The average Bonchev–Trinajstić information content (AvgIpc) is 3.36. The molecule has 0 bridgehead atoms. The predicted octanol–water partition coefficient (Wildman–Crippen LogP) is 1.29. The Labute approximate surface area is 151 Å². The molecule has 0 aromatic carbocycles. The quantitative estimate of drug-likeness (QED) is 0.798. The Morgan fingerprint density at radius 2 is 1.76 bits per heavy atom. The van der Waals surface area contributed by atoms with Crippen LogP contribution in [0.3, 0.4) is 0 Å². The minimum atomic E-state index is -0.622. The molecular weight excluding hydrogens is 338 g/mol. The maximum atomic E-state index is 13.3. The Kier molecular flexibility index (Phi) is 4.06. The van der Waals surface area contributed by atoms with E-state index < -0.39 is 5.41 Å². The Morgan fingerprint density at radius 1 is 1.08 bits per heavy atom. The first-order chi connectivity index (χ1) is 12.0. The lowest BCUT2D eigenvalue weighted by molar-refractivity contribution is -0.141. The van der Waals surface area contributed by atoms with Crippen LogP contribution in [-0.2, 0) is 9.59 Å². The summed E-state index contributed by atoms with van der Waals surface area (Å²) in [6, 6.07) is 3.70. The van der Waals surface area contributed by atoms with Crippen molar-refractivity contribution >= 4 is 29.1 Å². The third-order valence-electron chi connectivity index (χ3n) is 5.89. The van der Waals surface area contributed by atoms with Crippen LogP contribution in [0.25, 0.3) is 0 Å². The molecule has 0 saturated carbocycles. The van der Waals surface area contributed by atoms with Gasteiger partial charge in [0.15, 0.2) is 0 Å². The zero-order chi connectivity index (χ0) is 17.6. The summed E-state index contributed by atoms with van der Waals surface area (Å²) in [5, 5.41) is 1.90. The number of carbonyl (C=O) groups is 3. The lowest BCUT2D eigenvalue weighted by atomic mass is 9.79. The van der Waals surface area contributed by atoms with Gasteiger partial charge in [-0.25, -0.2) is 0 Å². The molecule has 3 fully saturated rings. The van der Waals surface area contributed by atoms with Crippen molar-refractivity contribution in [2.75, 3.05) is 39.3 Å². The normalized spacial score (nSPS) is 28.5. The molecule has 0 N–H and O–H groups in total. The molecule has 0 spiro atoms. The van der Waals surface area contributed by atoms with E-state index in [2.05, 4.69) is 0 Å². The van der Waals surface area contributed by atoms with Crippen molar-refractivity contribution in [3.05, 3.63) is 22.4 Å². The summed E-state index contributed by atoms with van der Waals surface area (Å²) in [5.41, 5.74) is -0.622. The molecule has 0 aliphatic carbocycles. The van der Waals surface area contributed by atoms with Gasteiger partial charge >= 0.3 is 0 Å².